The highest BCUT2D eigenvalue weighted by Crippen LogP contribution is 2.40. The molecule has 3 rings (SSSR count). The number of amides is 1. The maximum atomic E-state index is 14.9. The minimum Gasteiger partial charge on any atom is -0.503 e. The Morgan fingerprint density at radius 3 is 2.29 bits per heavy atom. The van der Waals surface area contributed by atoms with Crippen molar-refractivity contribution in [2.24, 2.45) is 0 Å². The number of aliphatic hydroxyl groups is 1. The predicted molar refractivity (Wildman–Crippen MR) is 129 cm³/mol. The molecular weight excluding hydrogens is 435 g/mol. The van der Waals surface area contributed by atoms with E-state index in [0.29, 0.717) is 18.7 Å². The lowest BCUT2D eigenvalue weighted by molar-refractivity contribution is -0.129. The van der Waals surface area contributed by atoms with Crippen LogP contribution in [-0.4, -0.2) is 52.8 Å². The molecule has 0 fully saturated rings. The fraction of sp³-hybridized carbons (Fsp3) is 0.481. The van der Waals surface area contributed by atoms with Crippen LogP contribution in [0.15, 0.2) is 52.1 Å². The Morgan fingerprint density at radius 1 is 1.06 bits per heavy atom. The first-order chi connectivity index (χ1) is 16.4. The quantitative estimate of drug-likeness (QED) is 0.386. The van der Waals surface area contributed by atoms with Crippen molar-refractivity contribution in [1.29, 1.82) is 0 Å². The zero-order valence-corrected chi connectivity index (χ0v) is 20.3. The molecule has 0 saturated heterocycles. The van der Waals surface area contributed by atoms with Gasteiger partial charge in [-0.25, -0.2) is 4.39 Å². The first-order valence-corrected chi connectivity index (χ1v) is 12.2. The van der Waals surface area contributed by atoms with Crippen LogP contribution in [0.25, 0.3) is 0 Å². The van der Waals surface area contributed by atoms with Gasteiger partial charge in [-0.05, 0) is 64.0 Å². The fourth-order valence-electron chi connectivity index (χ4n) is 4.39. The van der Waals surface area contributed by atoms with Crippen molar-refractivity contribution >= 4 is 11.7 Å². The summed E-state index contributed by atoms with van der Waals surface area (Å²) in [6.45, 7) is 9.09. The summed E-state index contributed by atoms with van der Waals surface area (Å²) in [5.41, 5.74) is 0.0404. The summed E-state index contributed by atoms with van der Waals surface area (Å²) < 4.78 is 20.3. The molecule has 2 aromatic rings. The molecule has 0 aliphatic carbocycles. The monoisotopic (exact) mass is 470 g/mol. The third-order valence-electron chi connectivity index (χ3n) is 6.24. The first kappa shape index (κ1) is 25.7. The standard InChI is InChI=1S/C27H35FN2O4/c1-4-6-15-29(16-7-5-2)17-10-18-30-24(20-11-8-9-12-21(20)28)23(26(32)27(30)33)25(31)22-14-13-19(3)34-22/h8-9,11-14,24,32H,4-7,10,15-18H2,1-3H3/t24-/m1/s1. The second kappa shape index (κ2) is 12.0. The van der Waals surface area contributed by atoms with Gasteiger partial charge in [-0.15, -0.1) is 0 Å². The third kappa shape index (κ3) is 5.76. The number of nitrogens with zero attached hydrogens (tertiary/aromatic N) is 2. The van der Waals surface area contributed by atoms with E-state index in [0.717, 1.165) is 45.3 Å². The van der Waals surface area contributed by atoms with E-state index < -0.39 is 29.3 Å². The molecular formula is C27H35FN2O4. The van der Waals surface area contributed by atoms with Crippen LogP contribution in [0.5, 0.6) is 0 Å². The summed E-state index contributed by atoms with van der Waals surface area (Å²) in [5, 5.41) is 10.7. The number of halogens is 1. The number of furan rings is 1. The highest BCUT2D eigenvalue weighted by molar-refractivity contribution is 6.15. The number of rotatable bonds is 13. The lowest BCUT2D eigenvalue weighted by atomic mass is 9.94. The van der Waals surface area contributed by atoms with Gasteiger partial charge in [0.1, 0.15) is 11.6 Å². The van der Waals surface area contributed by atoms with Crippen LogP contribution < -0.4 is 0 Å². The Kier molecular flexibility index (Phi) is 9.05. The van der Waals surface area contributed by atoms with Gasteiger partial charge in [0.15, 0.2) is 11.5 Å². The van der Waals surface area contributed by atoms with Gasteiger partial charge in [-0.1, -0.05) is 44.9 Å². The number of Topliss-reactive ketones (excluding diaryl/α,β-unsaturated/α-hetero) is 1. The number of ketones is 1. The van der Waals surface area contributed by atoms with Gasteiger partial charge >= 0.3 is 0 Å². The molecule has 6 nitrogen and oxygen atoms in total. The topological polar surface area (TPSA) is 74.0 Å². The SMILES string of the molecule is CCCCN(CCCC)CCCN1C(=O)C(O)=C(C(=O)c2ccc(C)o2)[C@H]1c1ccccc1F. The summed E-state index contributed by atoms with van der Waals surface area (Å²) in [6, 6.07) is 8.19. The fourth-order valence-corrected chi connectivity index (χ4v) is 4.39. The molecule has 1 N–H and O–H groups in total. The van der Waals surface area contributed by atoms with Crippen molar-refractivity contribution in [3.05, 3.63) is 70.6 Å². The van der Waals surface area contributed by atoms with Crippen molar-refractivity contribution in [2.45, 2.75) is 58.9 Å². The maximum Gasteiger partial charge on any atom is 0.290 e. The van der Waals surface area contributed by atoms with Crippen LogP contribution in [0.3, 0.4) is 0 Å². The number of hydrogen-bond acceptors (Lipinski definition) is 5. The number of carbonyl (C=O) groups excluding carboxylic acids is 2. The van der Waals surface area contributed by atoms with E-state index in [1.165, 1.54) is 17.0 Å². The van der Waals surface area contributed by atoms with Crippen LogP contribution >= 0.6 is 0 Å². The number of aliphatic hydroxyl groups excluding tert-OH is 1. The number of carbonyl (C=O) groups is 2. The van der Waals surface area contributed by atoms with Gasteiger partial charge < -0.3 is 19.3 Å². The van der Waals surface area contributed by atoms with Gasteiger partial charge in [0, 0.05) is 12.1 Å². The van der Waals surface area contributed by atoms with Gasteiger partial charge in [0.05, 0.1) is 11.6 Å². The lowest BCUT2D eigenvalue weighted by Crippen LogP contribution is -2.35. The molecule has 1 aromatic carbocycles. The van der Waals surface area contributed by atoms with Crippen LogP contribution in [0.1, 0.15) is 73.9 Å². The van der Waals surface area contributed by atoms with Crippen molar-refractivity contribution in [1.82, 2.24) is 9.80 Å². The second-order valence-corrected chi connectivity index (χ2v) is 8.83. The smallest absolute Gasteiger partial charge is 0.290 e. The van der Waals surface area contributed by atoms with E-state index in [9.17, 15) is 19.1 Å². The van der Waals surface area contributed by atoms with E-state index in [4.69, 9.17) is 4.42 Å². The molecule has 1 amide bonds. The summed E-state index contributed by atoms with van der Waals surface area (Å²) in [6.07, 6.45) is 5.08. The molecule has 7 heteroatoms. The van der Waals surface area contributed by atoms with Crippen LogP contribution in [0, 0.1) is 12.7 Å². The van der Waals surface area contributed by atoms with E-state index in [1.807, 2.05) is 0 Å². The Labute approximate surface area is 201 Å². The zero-order chi connectivity index (χ0) is 24.7. The molecule has 0 bridgehead atoms. The van der Waals surface area contributed by atoms with Crippen LogP contribution in [0.4, 0.5) is 4.39 Å². The average Bonchev–Trinajstić information content (AvgIpc) is 3.37. The minimum atomic E-state index is -1.01. The summed E-state index contributed by atoms with van der Waals surface area (Å²) in [7, 11) is 0. The van der Waals surface area contributed by atoms with Crippen molar-refractivity contribution in [3.63, 3.8) is 0 Å². The molecule has 0 spiro atoms. The Hall–Kier alpha value is -2.93. The molecule has 1 atom stereocenters. The lowest BCUT2D eigenvalue weighted by Gasteiger charge is -2.28. The summed E-state index contributed by atoms with van der Waals surface area (Å²) in [4.78, 5) is 30.1. The number of benzene rings is 1. The molecule has 184 valence electrons. The van der Waals surface area contributed by atoms with Crippen LogP contribution in [0.2, 0.25) is 0 Å². The Balaban J connectivity index is 1.85. The van der Waals surface area contributed by atoms with Gasteiger partial charge in [0.25, 0.3) is 5.91 Å². The summed E-state index contributed by atoms with van der Waals surface area (Å²) in [5.74, 6) is -1.89. The predicted octanol–water partition coefficient (Wildman–Crippen LogP) is 5.60. The normalized spacial score (nSPS) is 16.2. The zero-order valence-electron chi connectivity index (χ0n) is 20.3. The van der Waals surface area contributed by atoms with Gasteiger partial charge in [-0.3, -0.25) is 9.59 Å². The van der Waals surface area contributed by atoms with E-state index in [2.05, 4.69) is 18.7 Å². The molecule has 0 saturated carbocycles. The number of unbranched alkanes of at least 4 members (excludes halogenated alkanes) is 2. The average molecular weight is 471 g/mol. The highest BCUT2D eigenvalue weighted by Gasteiger charge is 2.45. The molecule has 0 radical (unpaired) electrons. The molecule has 34 heavy (non-hydrogen) atoms. The highest BCUT2D eigenvalue weighted by atomic mass is 19.1. The molecule has 1 aliphatic rings. The van der Waals surface area contributed by atoms with Gasteiger partial charge in [0.2, 0.25) is 5.78 Å². The molecule has 1 aromatic heterocycles. The van der Waals surface area contributed by atoms with E-state index in [-0.39, 0.29) is 16.9 Å². The number of aryl methyl sites for hydroxylation is 1. The van der Waals surface area contributed by atoms with Crippen molar-refractivity contribution in [2.75, 3.05) is 26.2 Å². The summed E-state index contributed by atoms with van der Waals surface area (Å²) >= 11 is 0. The minimum absolute atomic E-state index is 0.0142. The molecule has 1 aliphatic heterocycles. The first-order valence-electron chi connectivity index (χ1n) is 12.2. The van der Waals surface area contributed by atoms with Crippen molar-refractivity contribution in [3.8, 4) is 0 Å². The van der Waals surface area contributed by atoms with Crippen molar-refractivity contribution < 1.29 is 23.5 Å². The molecule has 2 heterocycles. The van der Waals surface area contributed by atoms with E-state index in [1.54, 1.807) is 31.2 Å². The van der Waals surface area contributed by atoms with E-state index >= 15 is 0 Å². The third-order valence-corrected chi connectivity index (χ3v) is 6.24. The maximum absolute atomic E-state index is 14.9. The second-order valence-electron chi connectivity index (χ2n) is 8.83. The Bertz CT molecular complexity index is 1020. The largest absolute Gasteiger partial charge is 0.503 e. The number of hydrogen-bond donors (Lipinski definition) is 1. The van der Waals surface area contributed by atoms with Gasteiger partial charge in [-0.2, -0.15) is 0 Å². The van der Waals surface area contributed by atoms with Crippen LogP contribution in [-0.2, 0) is 4.79 Å². The Morgan fingerprint density at radius 2 is 1.71 bits per heavy atom. The molecule has 0 unspecified atom stereocenters.